The van der Waals surface area contributed by atoms with E-state index in [9.17, 15) is 4.79 Å². The van der Waals surface area contributed by atoms with Crippen LogP contribution in [-0.4, -0.2) is 54.2 Å². The van der Waals surface area contributed by atoms with Gasteiger partial charge >= 0.3 is 5.97 Å². The van der Waals surface area contributed by atoms with Gasteiger partial charge < -0.3 is 9.64 Å². The van der Waals surface area contributed by atoms with Crippen LogP contribution in [0.2, 0.25) is 0 Å². The third-order valence-electron chi connectivity index (χ3n) is 3.69. The quantitative estimate of drug-likeness (QED) is 0.664. The molecule has 0 saturated carbocycles. The molecule has 1 atom stereocenters. The molecule has 3 rings (SSSR count). The van der Waals surface area contributed by atoms with Crippen molar-refractivity contribution in [3.8, 4) is 0 Å². The van der Waals surface area contributed by atoms with Gasteiger partial charge in [-0.05, 0) is 13.2 Å². The van der Waals surface area contributed by atoms with Crippen LogP contribution in [0.25, 0.3) is 0 Å². The Labute approximate surface area is 137 Å². The van der Waals surface area contributed by atoms with Gasteiger partial charge in [0.25, 0.3) is 0 Å². The molecular weight excluding hydrogens is 320 g/mol. The molecule has 0 amide bonds. The standard InChI is InChI=1S/C14H18N4O2S2/c1-8-5-16-13(22-8)12-15-6-10(14(19)20-2)11-4-9(17-21-3)7-18(11)12/h5,9,17H,4,6-7H2,1-3H3/t9-/m0/s1. The van der Waals surface area contributed by atoms with Gasteiger partial charge in [0.15, 0.2) is 10.8 Å². The van der Waals surface area contributed by atoms with E-state index in [1.54, 1.807) is 23.3 Å². The van der Waals surface area contributed by atoms with Gasteiger partial charge in [0.1, 0.15) is 0 Å². The fourth-order valence-corrected chi connectivity index (χ4v) is 4.04. The first-order valence-corrected chi connectivity index (χ1v) is 9.01. The number of hydrogen-bond donors (Lipinski definition) is 1. The second kappa shape index (κ2) is 6.39. The summed E-state index contributed by atoms with van der Waals surface area (Å²) in [6, 6.07) is 0.286. The number of carbonyl (C=O) groups is 1. The number of fused-ring (bicyclic) bond motifs is 1. The van der Waals surface area contributed by atoms with Gasteiger partial charge in [-0.2, -0.15) is 0 Å². The van der Waals surface area contributed by atoms with Crippen LogP contribution < -0.4 is 4.72 Å². The van der Waals surface area contributed by atoms with E-state index in [4.69, 9.17) is 4.74 Å². The van der Waals surface area contributed by atoms with Gasteiger partial charge in [0, 0.05) is 35.8 Å². The van der Waals surface area contributed by atoms with Crippen LogP contribution in [0.4, 0.5) is 0 Å². The van der Waals surface area contributed by atoms with Gasteiger partial charge in [-0.25, -0.2) is 9.78 Å². The van der Waals surface area contributed by atoms with E-state index >= 15 is 0 Å². The number of thiazole rings is 1. The Hall–Kier alpha value is -1.38. The molecule has 0 spiro atoms. The first kappa shape index (κ1) is 15.5. The lowest BCUT2D eigenvalue weighted by Gasteiger charge is -2.26. The van der Waals surface area contributed by atoms with Gasteiger partial charge in [-0.15, -0.1) is 11.3 Å². The van der Waals surface area contributed by atoms with Crippen molar-refractivity contribution < 1.29 is 9.53 Å². The summed E-state index contributed by atoms with van der Waals surface area (Å²) in [5.41, 5.74) is 1.67. The predicted molar refractivity (Wildman–Crippen MR) is 89.1 cm³/mol. The molecule has 8 heteroatoms. The van der Waals surface area contributed by atoms with Crippen LogP contribution in [0.5, 0.6) is 0 Å². The lowest BCUT2D eigenvalue weighted by atomic mass is 10.1. The van der Waals surface area contributed by atoms with E-state index in [0.29, 0.717) is 12.1 Å². The number of ether oxygens (including phenoxy) is 1. The molecule has 22 heavy (non-hydrogen) atoms. The van der Waals surface area contributed by atoms with Crippen molar-refractivity contribution in [1.82, 2.24) is 14.6 Å². The number of amidine groups is 1. The molecule has 1 aromatic heterocycles. The molecule has 0 radical (unpaired) electrons. The summed E-state index contributed by atoms with van der Waals surface area (Å²) in [4.78, 5) is 24.3. The van der Waals surface area contributed by atoms with Gasteiger partial charge in [-0.1, -0.05) is 11.9 Å². The zero-order valence-corrected chi connectivity index (χ0v) is 14.4. The first-order valence-electron chi connectivity index (χ1n) is 6.97. The molecule has 0 aromatic carbocycles. The zero-order valence-electron chi connectivity index (χ0n) is 12.8. The summed E-state index contributed by atoms with van der Waals surface area (Å²) in [6.45, 7) is 3.18. The van der Waals surface area contributed by atoms with Crippen LogP contribution in [-0.2, 0) is 9.53 Å². The number of aromatic nitrogens is 1. The number of nitrogens with zero attached hydrogens (tertiary/aromatic N) is 3. The molecule has 118 valence electrons. The molecule has 1 N–H and O–H groups in total. The molecule has 1 aromatic rings. The monoisotopic (exact) mass is 338 g/mol. The maximum absolute atomic E-state index is 12.0. The number of rotatable bonds is 4. The summed E-state index contributed by atoms with van der Waals surface area (Å²) in [5, 5.41) is 0.906. The topological polar surface area (TPSA) is 66.8 Å². The fourth-order valence-electron chi connectivity index (χ4n) is 2.76. The Balaban J connectivity index is 1.95. The first-order chi connectivity index (χ1) is 10.6. The summed E-state index contributed by atoms with van der Waals surface area (Å²) < 4.78 is 8.28. The maximum Gasteiger partial charge on any atom is 0.337 e. The fraction of sp³-hybridized carbons (Fsp3) is 0.500. The highest BCUT2D eigenvalue weighted by molar-refractivity contribution is 7.96. The van der Waals surface area contributed by atoms with Crippen LogP contribution in [0.1, 0.15) is 16.3 Å². The summed E-state index contributed by atoms with van der Waals surface area (Å²) in [5.74, 6) is 0.578. The normalized spacial score (nSPS) is 21.0. The second-order valence-corrected chi connectivity index (χ2v) is 7.05. The van der Waals surface area contributed by atoms with Crippen molar-refractivity contribution in [2.45, 2.75) is 19.4 Å². The summed E-state index contributed by atoms with van der Waals surface area (Å²) in [7, 11) is 1.41. The molecule has 3 heterocycles. The van der Waals surface area contributed by atoms with Crippen molar-refractivity contribution >= 4 is 35.1 Å². The number of aliphatic imine (C=N–C) groups is 1. The average molecular weight is 338 g/mol. The van der Waals surface area contributed by atoms with Crippen LogP contribution in [0, 0.1) is 6.92 Å². The highest BCUT2D eigenvalue weighted by Gasteiger charge is 2.37. The predicted octanol–water partition coefficient (Wildman–Crippen LogP) is 1.58. The lowest BCUT2D eigenvalue weighted by Crippen LogP contribution is -2.36. The SMILES string of the molecule is COC(=O)C1=C2C[C@H](NSC)CN2C(c2ncc(C)s2)=NC1. The zero-order chi connectivity index (χ0) is 15.7. The van der Waals surface area contributed by atoms with Gasteiger partial charge in [0.2, 0.25) is 0 Å². The van der Waals surface area contributed by atoms with Crippen LogP contribution in [0.15, 0.2) is 22.5 Å². The highest BCUT2D eigenvalue weighted by atomic mass is 32.2. The Morgan fingerprint density at radius 1 is 1.59 bits per heavy atom. The van der Waals surface area contributed by atoms with Crippen LogP contribution >= 0.6 is 23.3 Å². The van der Waals surface area contributed by atoms with Crippen molar-refractivity contribution in [2.24, 2.45) is 4.99 Å². The Bertz CT molecular complexity index is 653. The molecule has 0 aliphatic carbocycles. The van der Waals surface area contributed by atoms with E-state index < -0.39 is 0 Å². The van der Waals surface area contributed by atoms with E-state index in [2.05, 4.69) is 19.6 Å². The lowest BCUT2D eigenvalue weighted by molar-refractivity contribution is -0.136. The van der Waals surface area contributed by atoms with Gasteiger partial charge in [-0.3, -0.25) is 9.71 Å². The Morgan fingerprint density at radius 3 is 3.05 bits per heavy atom. The number of esters is 1. The molecule has 6 nitrogen and oxygen atoms in total. The molecule has 2 aliphatic rings. The number of aryl methyl sites for hydroxylation is 1. The summed E-state index contributed by atoms with van der Waals surface area (Å²) >= 11 is 3.22. The van der Waals surface area contributed by atoms with Crippen LogP contribution in [0.3, 0.4) is 0 Å². The largest absolute Gasteiger partial charge is 0.466 e. The van der Waals surface area contributed by atoms with Gasteiger partial charge in [0.05, 0.1) is 19.2 Å². The van der Waals surface area contributed by atoms with E-state index in [1.165, 1.54) is 7.11 Å². The van der Waals surface area contributed by atoms with E-state index in [0.717, 1.165) is 34.4 Å². The minimum atomic E-state index is -0.289. The minimum Gasteiger partial charge on any atom is -0.466 e. The molecule has 2 aliphatic heterocycles. The van der Waals surface area contributed by atoms with Crippen molar-refractivity contribution in [3.63, 3.8) is 0 Å². The third-order valence-corrected chi connectivity index (χ3v) is 5.17. The number of methoxy groups -OCH3 is 1. The Kier molecular flexibility index (Phi) is 4.51. The molecule has 1 fully saturated rings. The number of nitrogens with one attached hydrogen (secondary N) is 1. The Morgan fingerprint density at radius 2 is 2.41 bits per heavy atom. The van der Waals surface area contributed by atoms with Crippen molar-refractivity contribution in [2.75, 3.05) is 26.5 Å². The molecule has 0 unspecified atom stereocenters. The van der Waals surface area contributed by atoms with E-state index in [-0.39, 0.29) is 12.0 Å². The summed E-state index contributed by atoms with van der Waals surface area (Å²) in [6.07, 6.45) is 4.66. The molecule has 0 bridgehead atoms. The molecular formula is C14H18N4O2S2. The maximum atomic E-state index is 12.0. The minimum absolute atomic E-state index is 0.286. The number of hydrogen-bond acceptors (Lipinski definition) is 8. The smallest absolute Gasteiger partial charge is 0.337 e. The third kappa shape index (κ3) is 2.78. The van der Waals surface area contributed by atoms with Crippen molar-refractivity contribution in [1.29, 1.82) is 0 Å². The average Bonchev–Trinajstić information content (AvgIpc) is 3.12. The molecule has 1 saturated heterocycles. The van der Waals surface area contributed by atoms with E-state index in [1.807, 2.05) is 19.4 Å². The second-order valence-electron chi connectivity index (χ2n) is 5.17. The van der Waals surface area contributed by atoms with Crippen molar-refractivity contribution in [3.05, 3.63) is 27.4 Å². The number of carbonyl (C=O) groups excluding carboxylic acids is 1. The highest BCUT2D eigenvalue weighted by Crippen LogP contribution is 2.32.